The highest BCUT2D eigenvalue weighted by molar-refractivity contribution is 14.0. The highest BCUT2D eigenvalue weighted by Gasteiger charge is 2.33. The average molecular weight is 431 g/mol. The Morgan fingerprint density at radius 3 is 2.65 bits per heavy atom. The van der Waals surface area contributed by atoms with E-state index in [1.807, 2.05) is 13.1 Å². The quantitative estimate of drug-likeness (QED) is 0.438. The van der Waals surface area contributed by atoms with Crippen LogP contribution < -0.4 is 20.1 Å². The summed E-state index contributed by atoms with van der Waals surface area (Å²) in [6, 6.07) is 6.73. The first kappa shape index (κ1) is 18.2. The topological polar surface area (TPSA) is 54.9 Å². The molecule has 6 heteroatoms. The molecule has 2 atom stereocenters. The van der Waals surface area contributed by atoms with E-state index in [0.717, 1.165) is 29.9 Å². The molecule has 1 saturated carbocycles. The van der Waals surface area contributed by atoms with Gasteiger partial charge >= 0.3 is 0 Å². The predicted octanol–water partition coefficient (Wildman–Crippen LogP) is 2.88. The third kappa shape index (κ3) is 4.22. The highest BCUT2D eigenvalue weighted by atomic mass is 127. The van der Waals surface area contributed by atoms with E-state index in [-0.39, 0.29) is 29.4 Å². The summed E-state index contributed by atoms with van der Waals surface area (Å²) in [5.41, 5.74) is 1.19. The summed E-state index contributed by atoms with van der Waals surface area (Å²) in [5.74, 6) is 3.29. The van der Waals surface area contributed by atoms with Gasteiger partial charge in [-0.3, -0.25) is 4.99 Å². The molecule has 2 N–H and O–H groups in total. The van der Waals surface area contributed by atoms with Gasteiger partial charge in [0.1, 0.15) is 0 Å². The van der Waals surface area contributed by atoms with Gasteiger partial charge in [-0.2, -0.15) is 0 Å². The number of hydrogen-bond donors (Lipinski definition) is 2. The standard InChI is InChI=1S/C17H25N3O2.HI/c1-11-7-13(11)20-16(18-4)19-9-17(2,3)12-5-6-14-15(8-12)22-10-21-14;/h5-6,8,11,13H,7,9-10H2,1-4H3,(H2,18,19,20);1H. The van der Waals surface area contributed by atoms with Crippen LogP contribution in [0.1, 0.15) is 32.8 Å². The molecule has 2 unspecified atom stereocenters. The molecule has 1 heterocycles. The number of benzene rings is 1. The van der Waals surface area contributed by atoms with Crippen molar-refractivity contribution < 1.29 is 9.47 Å². The number of nitrogens with zero attached hydrogens (tertiary/aromatic N) is 1. The number of halogens is 1. The summed E-state index contributed by atoms with van der Waals surface area (Å²) in [4.78, 5) is 4.31. The minimum absolute atomic E-state index is 0. The Labute approximate surface area is 155 Å². The van der Waals surface area contributed by atoms with Gasteiger partial charge in [0.2, 0.25) is 6.79 Å². The van der Waals surface area contributed by atoms with Crippen LogP contribution >= 0.6 is 24.0 Å². The van der Waals surface area contributed by atoms with E-state index in [9.17, 15) is 0 Å². The van der Waals surface area contributed by atoms with E-state index in [2.05, 4.69) is 48.5 Å². The number of rotatable bonds is 4. The Kier molecular flexibility index (Phi) is 5.65. The maximum Gasteiger partial charge on any atom is 0.231 e. The van der Waals surface area contributed by atoms with Gasteiger partial charge in [-0.25, -0.2) is 0 Å². The number of guanidine groups is 1. The van der Waals surface area contributed by atoms with E-state index < -0.39 is 0 Å². The maximum atomic E-state index is 5.48. The summed E-state index contributed by atoms with van der Waals surface area (Å²) in [7, 11) is 1.82. The van der Waals surface area contributed by atoms with E-state index in [4.69, 9.17) is 9.47 Å². The van der Waals surface area contributed by atoms with Crippen molar-refractivity contribution in [3.05, 3.63) is 23.8 Å². The lowest BCUT2D eigenvalue weighted by Crippen LogP contribution is -2.44. The molecule has 1 aliphatic carbocycles. The molecule has 1 aromatic rings. The molecule has 128 valence electrons. The van der Waals surface area contributed by atoms with Gasteiger partial charge in [-0.1, -0.05) is 26.8 Å². The van der Waals surface area contributed by atoms with E-state index in [1.54, 1.807) is 0 Å². The first-order valence-corrected chi connectivity index (χ1v) is 7.87. The van der Waals surface area contributed by atoms with Crippen LogP contribution in [0.15, 0.2) is 23.2 Å². The molecule has 3 rings (SSSR count). The summed E-state index contributed by atoms with van der Waals surface area (Å²) < 4.78 is 10.9. The summed E-state index contributed by atoms with van der Waals surface area (Å²) in [6.07, 6.45) is 1.23. The second-order valence-electron chi connectivity index (χ2n) is 6.84. The molecule has 2 aliphatic rings. The fraction of sp³-hybridized carbons (Fsp3) is 0.588. The Hall–Kier alpha value is -1.18. The molecule has 1 aliphatic heterocycles. The number of ether oxygens (including phenoxy) is 2. The van der Waals surface area contributed by atoms with Gasteiger partial charge in [0, 0.05) is 25.0 Å². The zero-order valence-electron chi connectivity index (χ0n) is 14.2. The Morgan fingerprint density at radius 1 is 1.30 bits per heavy atom. The lowest BCUT2D eigenvalue weighted by molar-refractivity contribution is 0.174. The molecule has 0 aromatic heterocycles. The molecule has 0 amide bonds. The van der Waals surface area contributed by atoms with Crippen LogP contribution in [0.4, 0.5) is 0 Å². The summed E-state index contributed by atoms with van der Waals surface area (Å²) >= 11 is 0. The molecule has 1 fully saturated rings. The van der Waals surface area contributed by atoms with Gasteiger partial charge in [0.05, 0.1) is 0 Å². The van der Waals surface area contributed by atoms with Gasteiger partial charge < -0.3 is 20.1 Å². The average Bonchev–Trinajstić information content (AvgIpc) is 3.01. The van der Waals surface area contributed by atoms with Gasteiger partial charge in [-0.05, 0) is 30.0 Å². The van der Waals surface area contributed by atoms with E-state index in [1.165, 1.54) is 12.0 Å². The van der Waals surface area contributed by atoms with Gasteiger partial charge in [0.15, 0.2) is 17.5 Å². The SMILES string of the molecule is CN=C(NCC(C)(C)c1ccc2c(c1)OCO2)NC1CC1C.I. The van der Waals surface area contributed by atoms with Crippen molar-refractivity contribution in [2.75, 3.05) is 20.4 Å². The lowest BCUT2D eigenvalue weighted by Gasteiger charge is -2.27. The molecular formula is C17H26IN3O2. The fourth-order valence-electron chi connectivity index (χ4n) is 2.62. The van der Waals surface area contributed by atoms with Crippen LogP contribution in [0, 0.1) is 5.92 Å². The number of aliphatic imine (C=N–C) groups is 1. The lowest BCUT2D eigenvalue weighted by atomic mass is 9.84. The maximum absolute atomic E-state index is 5.48. The van der Waals surface area contributed by atoms with Crippen LogP contribution in [0.5, 0.6) is 11.5 Å². The Balaban J connectivity index is 0.00000192. The van der Waals surface area contributed by atoms with Crippen molar-refractivity contribution in [3.63, 3.8) is 0 Å². The number of fused-ring (bicyclic) bond motifs is 1. The highest BCUT2D eigenvalue weighted by Crippen LogP contribution is 2.36. The first-order chi connectivity index (χ1) is 10.5. The minimum Gasteiger partial charge on any atom is -0.454 e. The molecule has 23 heavy (non-hydrogen) atoms. The second kappa shape index (κ2) is 7.15. The molecule has 1 aromatic carbocycles. The van der Waals surface area contributed by atoms with Crippen molar-refractivity contribution in [3.8, 4) is 11.5 Å². The van der Waals surface area contributed by atoms with Crippen LogP contribution in [0.3, 0.4) is 0 Å². The summed E-state index contributed by atoms with van der Waals surface area (Å²) in [5, 5.41) is 6.88. The molecule has 0 saturated heterocycles. The molecule has 5 nitrogen and oxygen atoms in total. The van der Waals surface area contributed by atoms with Crippen molar-refractivity contribution >= 4 is 29.9 Å². The monoisotopic (exact) mass is 431 g/mol. The van der Waals surface area contributed by atoms with Crippen molar-refractivity contribution in [2.24, 2.45) is 10.9 Å². The molecule has 0 radical (unpaired) electrons. The first-order valence-electron chi connectivity index (χ1n) is 7.87. The van der Waals surface area contributed by atoms with Crippen LogP contribution in [-0.2, 0) is 5.41 Å². The Morgan fingerprint density at radius 2 is 2.00 bits per heavy atom. The largest absolute Gasteiger partial charge is 0.454 e. The predicted molar refractivity (Wildman–Crippen MR) is 103 cm³/mol. The van der Waals surface area contributed by atoms with Crippen molar-refractivity contribution in [2.45, 2.75) is 38.6 Å². The molecule has 0 spiro atoms. The van der Waals surface area contributed by atoms with Crippen LogP contribution in [0.25, 0.3) is 0 Å². The van der Waals surface area contributed by atoms with Gasteiger partial charge in [-0.15, -0.1) is 24.0 Å². The smallest absolute Gasteiger partial charge is 0.231 e. The minimum atomic E-state index is -0.0340. The van der Waals surface area contributed by atoms with Crippen LogP contribution in [-0.4, -0.2) is 32.4 Å². The van der Waals surface area contributed by atoms with Crippen molar-refractivity contribution in [1.82, 2.24) is 10.6 Å². The van der Waals surface area contributed by atoms with E-state index >= 15 is 0 Å². The van der Waals surface area contributed by atoms with Gasteiger partial charge in [0.25, 0.3) is 0 Å². The third-order valence-corrected chi connectivity index (χ3v) is 4.51. The normalized spacial score (nSPS) is 22.3. The zero-order valence-corrected chi connectivity index (χ0v) is 16.5. The van der Waals surface area contributed by atoms with E-state index in [0.29, 0.717) is 12.8 Å². The number of nitrogens with one attached hydrogen (secondary N) is 2. The number of hydrogen-bond acceptors (Lipinski definition) is 3. The fourth-order valence-corrected chi connectivity index (χ4v) is 2.62. The third-order valence-electron chi connectivity index (χ3n) is 4.51. The summed E-state index contributed by atoms with van der Waals surface area (Å²) in [6.45, 7) is 7.79. The van der Waals surface area contributed by atoms with Crippen molar-refractivity contribution in [1.29, 1.82) is 0 Å². The zero-order chi connectivity index (χ0) is 15.7. The second-order valence-corrected chi connectivity index (χ2v) is 6.84. The molecular weight excluding hydrogens is 405 g/mol. The Bertz CT molecular complexity index is 589. The molecule has 0 bridgehead atoms. The van der Waals surface area contributed by atoms with Crippen LogP contribution in [0.2, 0.25) is 0 Å².